The van der Waals surface area contributed by atoms with Crippen molar-refractivity contribution in [1.82, 2.24) is 24.4 Å². The fourth-order valence-electron chi connectivity index (χ4n) is 3.91. The standard InChI is InChI=1S/C21H27N5O2/c1-3-25-11-8-22-21(25)16-6-9-26(10-7-16)20(27)14-28-13-19-23-17-5-4-15(2)12-18(17)24-19/h4-5,8,11-12,16H,3,6-7,9-10,13-14H2,1-2H3,(H,23,24). The van der Waals surface area contributed by atoms with E-state index in [9.17, 15) is 4.79 Å². The molecule has 0 saturated carbocycles. The molecule has 0 atom stereocenters. The van der Waals surface area contributed by atoms with E-state index >= 15 is 0 Å². The minimum atomic E-state index is 0.0456. The van der Waals surface area contributed by atoms with E-state index in [1.165, 1.54) is 5.56 Å². The second-order valence-electron chi connectivity index (χ2n) is 7.42. The first-order valence-corrected chi connectivity index (χ1v) is 9.96. The maximum atomic E-state index is 12.5. The van der Waals surface area contributed by atoms with Gasteiger partial charge in [0, 0.05) is 37.9 Å². The number of aromatic nitrogens is 4. The van der Waals surface area contributed by atoms with Gasteiger partial charge in [-0.05, 0) is 44.4 Å². The van der Waals surface area contributed by atoms with Gasteiger partial charge in [-0.3, -0.25) is 4.79 Å². The molecule has 3 aromatic rings. The number of imidazole rings is 2. The quantitative estimate of drug-likeness (QED) is 0.712. The summed E-state index contributed by atoms with van der Waals surface area (Å²) < 4.78 is 7.82. The zero-order valence-corrected chi connectivity index (χ0v) is 16.5. The average molecular weight is 381 g/mol. The summed E-state index contributed by atoms with van der Waals surface area (Å²) in [4.78, 5) is 26.6. The smallest absolute Gasteiger partial charge is 0.248 e. The van der Waals surface area contributed by atoms with Gasteiger partial charge < -0.3 is 19.2 Å². The summed E-state index contributed by atoms with van der Waals surface area (Å²) in [5, 5.41) is 0. The van der Waals surface area contributed by atoms with Gasteiger partial charge in [0.05, 0.1) is 11.0 Å². The van der Waals surface area contributed by atoms with Gasteiger partial charge in [0.25, 0.3) is 0 Å². The van der Waals surface area contributed by atoms with Crippen molar-refractivity contribution in [3.8, 4) is 0 Å². The number of ether oxygens (including phenoxy) is 1. The fourth-order valence-corrected chi connectivity index (χ4v) is 3.91. The third kappa shape index (κ3) is 3.94. The average Bonchev–Trinajstić information content (AvgIpc) is 3.34. The number of carbonyl (C=O) groups is 1. The molecule has 1 amide bonds. The molecular formula is C21H27N5O2. The molecule has 0 spiro atoms. The van der Waals surface area contributed by atoms with Crippen LogP contribution in [-0.4, -0.2) is 50.0 Å². The maximum Gasteiger partial charge on any atom is 0.248 e. The van der Waals surface area contributed by atoms with E-state index in [1.807, 2.05) is 36.4 Å². The summed E-state index contributed by atoms with van der Waals surface area (Å²) in [5.41, 5.74) is 3.10. The van der Waals surface area contributed by atoms with Crippen LogP contribution in [0.25, 0.3) is 11.0 Å². The van der Waals surface area contributed by atoms with E-state index in [4.69, 9.17) is 4.74 Å². The van der Waals surface area contributed by atoms with Crippen molar-refractivity contribution in [2.45, 2.75) is 45.8 Å². The molecule has 2 aromatic heterocycles. The number of aromatic amines is 1. The van der Waals surface area contributed by atoms with Crippen LogP contribution in [0.3, 0.4) is 0 Å². The van der Waals surface area contributed by atoms with Crippen LogP contribution in [0.15, 0.2) is 30.6 Å². The summed E-state index contributed by atoms with van der Waals surface area (Å²) in [7, 11) is 0. The van der Waals surface area contributed by atoms with Gasteiger partial charge in [-0.15, -0.1) is 0 Å². The summed E-state index contributed by atoms with van der Waals surface area (Å²) in [6.45, 7) is 7.02. The summed E-state index contributed by atoms with van der Waals surface area (Å²) in [6, 6.07) is 6.09. The highest BCUT2D eigenvalue weighted by molar-refractivity contribution is 5.77. The van der Waals surface area contributed by atoms with Crippen molar-refractivity contribution in [2.75, 3.05) is 19.7 Å². The number of amides is 1. The topological polar surface area (TPSA) is 76.0 Å². The predicted molar refractivity (Wildman–Crippen MR) is 107 cm³/mol. The van der Waals surface area contributed by atoms with Crippen molar-refractivity contribution in [3.63, 3.8) is 0 Å². The molecular weight excluding hydrogens is 354 g/mol. The molecule has 1 saturated heterocycles. The number of nitrogens with one attached hydrogen (secondary N) is 1. The molecule has 28 heavy (non-hydrogen) atoms. The van der Waals surface area contributed by atoms with Gasteiger partial charge in [0.2, 0.25) is 5.91 Å². The number of hydrogen-bond acceptors (Lipinski definition) is 4. The van der Waals surface area contributed by atoms with Gasteiger partial charge >= 0.3 is 0 Å². The third-order valence-electron chi connectivity index (χ3n) is 5.45. The van der Waals surface area contributed by atoms with Crippen molar-refractivity contribution in [3.05, 3.63) is 47.8 Å². The molecule has 1 aliphatic heterocycles. The Morgan fingerprint density at radius 3 is 2.93 bits per heavy atom. The summed E-state index contributed by atoms with van der Waals surface area (Å²) >= 11 is 0. The van der Waals surface area contributed by atoms with Crippen molar-refractivity contribution in [1.29, 1.82) is 0 Å². The lowest BCUT2D eigenvalue weighted by atomic mass is 9.96. The third-order valence-corrected chi connectivity index (χ3v) is 5.45. The van der Waals surface area contributed by atoms with Crippen molar-refractivity contribution in [2.24, 2.45) is 0 Å². The lowest BCUT2D eigenvalue weighted by molar-refractivity contribution is -0.137. The van der Waals surface area contributed by atoms with E-state index in [0.717, 1.165) is 55.2 Å². The van der Waals surface area contributed by atoms with Crippen LogP contribution in [0.4, 0.5) is 0 Å². The molecule has 148 valence electrons. The predicted octanol–water partition coefficient (Wildman–Crippen LogP) is 3.01. The Bertz CT molecular complexity index is 953. The van der Waals surface area contributed by atoms with Crippen molar-refractivity contribution >= 4 is 16.9 Å². The monoisotopic (exact) mass is 381 g/mol. The van der Waals surface area contributed by atoms with E-state index in [0.29, 0.717) is 12.5 Å². The van der Waals surface area contributed by atoms with Gasteiger partial charge in [-0.25, -0.2) is 9.97 Å². The Morgan fingerprint density at radius 2 is 2.14 bits per heavy atom. The second kappa shape index (κ2) is 8.14. The molecule has 1 N–H and O–H groups in total. The van der Waals surface area contributed by atoms with Gasteiger partial charge in [-0.1, -0.05) is 6.07 Å². The summed E-state index contributed by atoms with van der Waals surface area (Å²) in [5.74, 6) is 2.37. The molecule has 0 aliphatic carbocycles. The van der Waals surface area contributed by atoms with E-state index < -0.39 is 0 Å². The number of nitrogens with zero attached hydrogens (tertiary/aromatic N) is 4. The maximum absolute atomic E-state index is 12.5. The number of piperidine rings is 1. The van der Waals surface area contributed by atoms with Gasteiger partial charge in [0.15, 0.2) is 0 Å². The molecule has 1 aliphatic rings. The Morgan fingerprint density at radius 1 is 1.32 bits per heavy atom. The number of aryl methyl sites for hydroxylation is 2. The van der Waals surface area contributed by atoms with Crippen LogP contribution >= 0.6 is 0 Å². The molecule has 7 heteroatoms. The first kappa shape index (κ1) is 18.7. The number of fused-ring (bicyclic) bond motifs is 1. The van der Waals surface area contributed by atoms with Crippen LogP contribution in [-0.2, 0) is 22.7 Å². The number of rotatable bonds is 6. The molecule has 0 bridgehead atoms. The molecule has 3 heterocycles. The highest BCUT2D eigenvalue weighted by Crippen LogP contribution is 2.27. The molecule has 0 radical (unpaired) electrons. The normalized spacial score (nSPS) is 15.4. The van der Waals surface area contributed by atoms with Crippen molar-refractivity contribution < 1.29 is 9.53 Å². The zero-order valence-electron chi connectivity index (χ0n) is 16.5. The molecule has 0 unspecified atom stereocenters. The van der Waals surface area contributed by atoms with E-state index in [-0.39, 0.29) is 12.5 Å². The number of H-pyrrole nitrogens is 1. The van der Waals surface area contributed by atoms with Crippen LogP contribution in [0.1, 0.15) is 42.9 Å². The lowest BCUT2D eigenvalue weighted by Gasteiger charge is -2.31. The van der Waals surface area contributed by atoms with Crippen LogP contribution in [0.2, 0.25) is 0 Å². The summed E-state index contributed by atoms with van der Waals surface area (Å²) in [6.07, 6.45) is 5.79. The Kier molecular flexibility index (Phi) is 5.43. The first-order valence-electron chi connectivity index (χ1n) is 9.96. The molecule has 1 fully saturated rings. The molecule has 1 aromatic carbocycles. The van der Waals surface area contributed by atoms with Crippen LogP contribution < -0.4 is 0 Å². The minimum Gasteiger partial charge on any atom is -0.364 e. The largest absolute Gasteiger partial charge is 0.364 e. The second-order valence-corrected chi connectivity index (χ2v) is 7.42. The minimum absolute atomic E-state index is 0.0456. The Hall–Kier alpha value is -2.67. The highest BCUT2D eigenvalue weighted by Gasteiger charge is 2.26. The number of likely N-dealkylation sites (tertiary alicyclic amines) is 1. The lowest BCUT2D eigenvalue weighted by Crippen LogP contribution is -2.40. The van der Waals surface area contributed by atoms with E-state index in [2.05, 4.69) is 32.5 Å². The van der Waals surface area contributed by atoms with Gasteiger partial charge in [-0.2, -0.15) is 0 Å². The molecule has 7 nitrogen and oxygen atoms in total. The van der Waals surface area contributed by atoms with Crippen LogP contribution in [0, 0.1) is 6.92 Å². The Labute approximate surface area is 164 Å². The first-order chi connectivity index (χ1) is 13.6. The fraction of sp³-hybridized carbons (Fsp3) is 0.476. The Balaban J connectivity index is 1.25. The number of carbonyl (C=O) groups excluding carboxylic acids is 1. The van der Waals surface area contributed by atoms with E-state index in [1.54, 1.807) is 0 Å². The zero-order chi connectivity index (χ0) is 19.5. The SMILES string of the molecule is CCn1ccnc1C1CCN(C(=O)COCc2nc3ccc(C)cc3[nH]2)CC1. The van der Waals surface area contributed by atoms with Gasteiger partial charge in [0.1, 0.15) is 24.9 Å². The van der Waals surface area contributed by atoms with Crippen LogP contribution in [0.5, 0.6) is 0 Å². The molecule has 4 rings (SSSR count). The number of benzene rings is 1. The highest BCUT2D eigenvalue weighted by atomic mass is 16.5. The number of hydrogen-bond donors (Lipinski definition) is 1.